The molecule has 4 aromatic rings. The van der Waals surface area contributed by atoms with Gasteiger partial charge in [0.2, 0.25) is 5.91 Å². The number of hydrogen-bond acceptors (Lipinski definition) is 3. The second kappa shape index (κ2) is 7.17. The molecule has 3 aromatic carbocycles. The summed E-state index contributed by atoms with van der Waals surface area (Å²) in [5.41, 5.74) is 2.54. The average Bonchev–Trinajstić information content (AvgIpc) is 2.70. The number of nitrogens with one attached hydrogen (secondary N) is 1. The molecule has 0 unspecified atom stereocenters. The molecule has 0 aliphatic carbocycles. The van der Waals surface area contributed by atoms with Gasteiger partial charge in [-0.15, -0.1) is 11.3 Å². The molecule has 0 fully saturated rings. The zero-order valence-electron chi connectivity index (χ0n) is 14.6. The molecule has 1 aromatic heterocycles. The van der Waals surface area contributed by atoms with Crippen molar-refractivity contribution in [1.82, 2.24) is 0 Å². The highest BCUT2D eigenvalue weighted by molar-refractivity contribution is 7.24. The lowest BCUT2D eigenvalue weighted by Gasteiger charge is -2.14. The molecule has 0 atom stereocenters. The van der Waals surface area contributed by atoms with Crippen molar-refractivity contribution in [2.75, 3.05) is 5.32 Å². The van der Waals surface area contributed by atoms with Crippen molar-refractivity contribution in [2.24, 2.45) is 0 Å². The molecule has 0 bridgehead atoms. The van der Waals surface area contributed by atoms with E-state index in [0.717, 1.165) is 20.5 Å². The number of anilines is 1. The van der Waals surface area contributed by atoms with Gasteiger partial charge in [-0.05, 0) is 41.8 Å². The van der Waals surface area contributed by atoms with Crippen molar-refractivity contribution >= 4 is 43.1 Å². The highest BCUT2D eigenvalue weighted by Crippen LogP contribution is 2.32. The number of carbonyl (C=O) groups excluding carboxylic acids is 1. The van der Waals surface area contributed by atoms with Gasteiger partial charge in [-0.1, -0.05) is 55.1 Å². The van der Waals surface area contributed by atoms with Crippen LogP contribution in [0.5, 0.6) is 0 Å². The number of benzene rings is 3. The molecule has 4 rings (SSSR count). The second-order valence-electron chi connectivity index (χ2n) is 6.26. The van der Waals surface area contributed by atoms with Gasteiger partial charge in [0.05, 0.1) is 11.1 Å². The number of amides is 1. The lowest BCUT2D eigenvalue weighted by atomic mass is 10.0. The van der Waals surface area contributed by atoms with Crippen LogP contribution in [0.3, 0.4) is 0 Å². The van der Waals surface area contributed by atoms with Gasteiger partial charge in [-0.3, -0.25) is 9.59 Å². The van der Waals surface area contributed by atoms with Gasteiger partial charge in [0.25, 0.3) is 0 Å². The van der Waals surface area contributed by atoms with E-state index in [2.05, 4.69) is 11.9 Å². The minimum Gasteiger partial charge on any atom is -0.322 e. The first kappa shape index (κ1) is 17.2. The van der Waals surface area contributed by atoms with Crippen LogP contribution in [0, 0.1) is 0 Å². The van der Waals surface area contributed by atoms with Crippen molar-refractivity contribution in [2.45, 2.75) is 6.42 Å². The summed E-state index contributed by atoms with van der Waals surface area (Å²) >= 11 is 1.55. The van der Waals surface area contributed by atoms with Crippen molar-refractivity contribution in [1.29, 1.82) is 0 Å². The molecule has 132 valence electrons. The van der Waals surface area contributed by atoms with Gasteiger partial charge in [0, 0.05) is 14.8 Å². The van der Waals surface area contributed by atoms with E-state index in [1.807, 2.05) is 66.7 Å². The van der Waals surface area contributed by atoms with E-state index in [0.29, 0.717) is 22.9 Å². The molecule has 0 aliphatic heterocycles. The fraction of sp³-hybridized carbons (Fsp3) is 0.0435. The van der Waals surface area contributed by atoms with E-state index in [4.69, 9.17) is 0 Å². The Morgan fingerprint density at radius 3 is 2.48 bits per heavy atom. The topological polar surface area (TPSA) is 46.2 Å². The molecule has 1 amide bonds. The Kier molecular flexibility index (Phi) is 4.57. The first-order chi connectivity index (χ1) is 13.2. The molecule has 4 heteroatoms. The highest BCUT2D eigenvalue weighted by atomic mass is 32.1. The maximum absolute atomic E-state index is 13.2. The standard InChI is InChI=1S/C23H17NO2S/c1-2-20(25)24-22-16(14-15-8-4-3-5-9-15)12-13-19-21(22)23(26)17-10-6-7-11-18(17)27-19/h2-13H,1,14H2,(H,24,25). The van der Waals surface area contributed by atoms with Crippen LogP contribution in [0.2, 0.25) is 0 Å². The lowest BCUT2D eigenvalue weighted by Crippen LogP contribution is -2.13. The highest BCUT2D eigenvalue weighted by Gasteiger charge is 2.15. The lowest BCUT2D eigenvalue weighted by molar-refractivity contribution is -0.111. The average molecular weight is 371 g/mol. The summed E-state index contributed by atoms with van der Waals surface area (Å²) in [4.78, 5) is 25.3. The molecule has 0 spiro atoms. The normalized spacial score (nSPS) is 10.8. The van der Waals surface area contributed by atoms with E-state index >= 15 is 0 Å². The molecule has 3 nitrogen and oxygen atoms in total. The fourth-order valence-corrected chi connectivity index (χ4v) is 4.30. The Hall–Kier alpha value is -3.24. The first-order valence-corrected chi connectivity index (χ1v) is 9.44. The number of fused-ring (bicyclic) bond motifs is 2. The first-order valence-electron chi connectivity index (χ1n) is 8.62. The van der Waals surface area contributed by atoms with Crippen LogP contribution in [0.25, 0.3) is 20.2 Å². The van der Waals surface area contributed by atoms with Gasteiger partial charge < -0.3 is 5.32 Å². The van der Waals surface area contributed by atoms with Gasteiger partial charge in [0.1, 0.15) is 0 Å². The summed E-state index contributed by atoms with van der Waals surface area (Å²) in [6.07, 6.45) is 1.85. The number of rotatable bonds is 4. The van der Waals surface area contributed by atoms with Gasteiger partial charge in [-0.25, -0.2) is 0 Å². The van der Waals surface area contributed by atoms with Crippen molar-refractivity contribution < 1.29 is 4.79 Å². The zero-order chi connectivity index (χ0) is 18.8. The predicted molar refractivity (Wildman–Crippen MR) is 114 cm³/mol. The molecule has 0 aliphatic rings. The second-order valence-corrected chi connectivity index (χ2v) is 7.34. The van der Waals surface area contributed by atoms with Crippen LogP contribution in [-0.2, 0) is 11.2 Å². The van der Waals surface area contributed by atoms with E-state index in [1.165, 1.54) is 6.08 Å². The Balaban J connectivity index is 2.00. The predicted octanol–water partition coefficient (Wildman–Crippen LogP) is 5.13. The summed E-state index contributed by atoms with van der Waals surface area (Å²) < 4.78 is 1.79. The summed E-state index contributed by atoms with van der Waals surface area (Å²) in [7, 11) is 0. The summed E-state index contributed by atoms with van der Waals surface area (Å²) in [6.45, 7) is 3.54. The van der Waals surface area contributed by atoms with Crippen molar-refractivity contribution in [3.8, 4) is 0 Å². The SMILES string of the molecule is C=CC(=O)Nc1c(Cc2ccccc2)ccc2sc3ccccc3c(=O)c12. The van der Waals surface area contributed by atoms with Crippen molar-refractivity contribution in [3.05, 3.63) is 101 Å². The quantitative estimate of drug-likeness (QED) is 0.399. The fourth-order valence-electron chi connectivity index (χ4n) is 3.21. The van der Waals surface area contributed by atoms with Crippen LogP contribution in [0.1, 0.15) is 11.1 Å². The van der Waals surface area contributed by atoms with Gasteiger partial charge >= 0.3 is 0 Å². The zero-order valence-corrected chi connectivity index (χ0v) is 15.4. The van der Waals surface area contributed by atoms with Crippen LogP contribution in [0.15, 0.2) is 84.2 Å². The summed E-state index contributed by atoms with van der Waals surface area (Å²) in [5.74, 6) is -0.325. The molecule has 27 heavy (non-hydrogen) atoms. The Labute approximate surface area is 160 Å². The Bertz CT molecular complexity index is 1230. The minimum absolute atomic E-state index is 0.0615. The third-order valence-electron chi connectivity index (χ3n) is 4.50. The molecule has 1 N–H and O–H groups in total. The molecule has 0 saturated heterocycles. The van der Waals surface area contributed by atoms with Crippen molar-refractivity contribution in [3.63, 3.8) is 0 Å². The van der Waals surface area contributed by atoms with Crippen LogP contribution in [0.4, 0.5) is 5.69 Å². The van der Waals surface area contributed by atoms with E-state index in [9.17, 15) is 9.59 Å². The molecular formula is C23H17NO2S. The maximum atomic E-state index is 13.2. The van der Waals surface area contributed by atoms with Gasteiger partial charge in [-0.2, -0.15) is 0 Å². The van der Waals surface area contributed by atoms with Gasteiger partial charge in [0.15, 0.2) is 5.43 Å². The minimum atomic E-state index is -0.325. The van der Waals surface area contributed by atoms with E-state index < -0.39 is 0 Å². The summed E-state index contributed by atoms with van der Waals surface area (Å²) in [6, 6.07) is 21.5. The van der Waals surface area contributed by atoms with E-state index in [-0.39, 0.29) is 11.3 Å². The summed E-state index contributed by atoms with van der Waals surface area (Å²) in [5, 5.41) is 4.10. The maximum Gasteiger partial charge on any atom is 0.247 e. The largest absolute Gasteiger partial charge is 0.322 e. The molecule has 0 radical (unpaired) electrons. The molecular weight excluding hydrogens is 354 g/mol. The molecule has 1 heterocycles. The van der Waals surface area contributed by atoms with Crippen LogP contribution in [-0.4, -0.2) is 5.91 Å². The molecule has 0 saturated carbocycles. The van der Waals surface area contributed by atoms with E-state index in [1.54, 1.807) is 11.3 Å². The number of hydrogen-bond donors (Lipinski definition) is 1. The third kappa shape index (κ3) is 3.27. The Morgan fingerprint density at radius 1 is 0.963 bits per heavy atom. The third-order valence-corrected chi connectivity index (χ3v) is 5.64. The smallest absolute Gasteiger partial charge is 0.247 e. The van der Waals surface area contributed by atoms with Crippen LogP contribution < -0.4 is 10.7 Å². The Morgan fingerprint density at radius 2 is 1.70 bits per heavy atom. The van der Waals surface area contributed by atoms with Crippen LogP contribution >= 0.6 is 11.3 Å². The number of carbonyl (C=O) groups is 1. The monoisotopic (exact) mass is 371 g/mol.